The van der Waals surface area contributed by atoms with E-state index in [0.717, 1.165) is 25.9 Å². The van der Waals surface area contributed by atoms with E-state index in [9.17, 15) is 14.9 Å². The Labute approximate surface area is 151 Å². The van der Waals surface area contributed by atoms with Gasteiger partial charge in [-0.25, -0.2) is 4.68 Å². The topological polar surface area (TPSA) is 102 Å². The number of amides is 1. The van der Waals surface area contributed by atoms with Crippen molar-refractivity contribution < 1.29 is 9.72 Å². The summed E-state index contributed by atoms with van der Waals surface area (Å²) < 4.78 is 1.53. The molecule has 0 radical (unpaired) electrons. The Kier molecular flexibility index (Phi) is 6.49. The molecule has 1 amide bonds. The van der Waals surface area contributed by atoms with Crippen LogP contribution in [0.1, 0.15) is 23.3 Å². The summed E-state index contributed by atoms with van der Waals surface area (Å²) in [5.74, 6) is 0.421. The van der Waals surface area contributed by atoms with Gasteiger partial charge in [-0.1, -0.05) is 0 Å². The zero-order valence-electron chi connectivity index (χ0n) is 13.6. The number of halogens is 1. The largest absolute Gasteiger partial charge is 0.351 e. The number of nitro groups is 1. The van der Waals surface area contributed by atoms with Crippen molar-refractivity contribution in [1.82, 2.24) is 20.4 Å². The van der Waals surface area contributed by atoms with E-state index in [-0.39, 0.29) is 24.0 Å². The van der Waals surface area contributed by atoms with Gasteiger partial charge in [0, 0.05) is 24.9 Å². The Hall–Kier alpha value is -2.45. The first-order valence-electron chi connectivity index (χ1n) is 7.93. The maximum absolute atomic E-state index is 12.1. The van der Waals surface area contributed by atoms with Crippen LogP contribution >= 0.6 is 12.4 Å². The summed E-state index contributed by atoms with van der Waals surface area (Å²) in [5, 5.41) is 21.1. The first-order valence-corrected chi connectivity index (χ1v) is 7.93. The Bertz CT molecular complexity index is 726. The molecule has 0 spiro atoms. The van der Waals surface area contributed by atoms with Crippen LogP contribution in [0.15, 0.2) is 36.5 Å². The molecule has 3 rings (SSSR count). The molecule has 1 fully saturated rings. The summed E-state index contributed by atoms with van der Waals surface area (Å²) in [6.45, 7) is 2.71. The van der Waals surface area contributed by atoms with Gasteiger partial charge in [-0.3, -0.25) is 14.9 Å². The molecular weight excluding hydrogens is 346 g/mol. The fourth-order valence-electron chi connectivity index (χ4n) is 2.76. The number of hydrogen-bond acceptors (Lipinski definition) is 5. The maximum atomic E-state index is 12.1. The third-order valence-corrected chi connectivity index (χ3v) is 4.15. The van der Waals surface area contributed by atoms with E-state index in [1.807, 2.05) is 0 Å². The van der Waals surface area contributed by atoms with Crippen LogP contribution in [-0.4, -0.2) is 40.2 Å². The summed E-state index contributed by atoms with van der Waals surface area (Å²) in [6.07, 6.45) is 3.78. The highest BCUT2D eigenvalue weighted by atomic mass is 35.5. The number of rotatable bonds is 6. The monoisotopic (exact) mass is 365 g/mol. The normalized spacial score (nSPS) is 16.2. The lowest BCUT2D eigenvalue weighted by Gasteiger charge is -2.08. The molecule has 1 saturated heterocycles. The number of aromatic nitrogens is 2. The number of carbonyl (C=O) groups is 1. The van der Waals surface area contributed by atoms with Crippen LogP contribution in [-0.2, 0) is 0 Å². The van der Waals surface area contributed by atoms with Crippen LogP contribution in [0, 0.1) is 16.0 Å². The van der Waals surface area contributed by atoms with Crippen LogP contribution in [0.2, 0.25) is 0 Å². The van der Waals surface area contributed by atoms with E-state index >= 15 is 0 Å². The predicted molar refractivity (Wildman–Crippen MR) is 95.4 cm³/mol. The zero-order valence-corrected chi connectivity index (χ0v) is 14.4. The van der Waals surface area contributed by atoms with E-state index in [1.165, 1.54) is 16.8 Å². The third-order valence-electron chi connectivity index (χ3n) is 4.15. The van der Waals surface area contributed by atoms with Crippen molar-refractivity contribution in [2.75, 3.05) is 19.6 Å². The van der Waals surface area contributed by atoms with Crippen molar-refractivity contribution >= 4 is 24.0 Å². The molecule has 1 unspecified atom stereocenters. The van der Waals surface area contributed by atoms with Gasteiger partial charge < -0.3 is 10.6 Å². The zero-order chi connectivity index (χ0) is 16.9. The number of nitro benzene ring substituents is 1. The van der Waals surface area contributed by atoms with Crippen molar-refractivity contribution in [2.45, 2.75) is 12.8 Å². The molecule has 8 nitrogen and oxygen atoms in total. The molecule has 2 N–H and O–H groups in total. The van der Waals surface area contributed by atoms with Crippen molar-refractivity contribution in [3.63, 3.8) is 0 Å². The highest BCUT2D eigenvalue weighted by molar-refractivity contribution is 5.92. The van der Waals surface area contributed by atoms with Gasteiger partial charge in [0.15, 0.2) is 5.69 Å². The Morgan fingerprint density at radius 2 is 2.12 bits per heavy atom. The molecule has 1 aromatic heterocycles. The van der Waals surface area contributed by atoms with Crippen molar-refractivity contribution in [1.29, 1.82) is 0 Å². The van der Waals surface area contributed by atoms with Crippen molar-refractivity contribution in [3.8, 4) is 5.69 Å². The van der Waals surface area contributed by atoms with Crippen LogP contribution in [0.5, 0.6) is 0 Å². The standard InChI is InChI=1S/C16H19N5O3.ClH/c22-16(18-9-6-12-5-8-17-11-12)15-7-10-20(19-15)13-1-3-14(4-2-13)21(23)24;/h1-4,7,10,12,17H,5-6,8-9,11H2,(H,18,22);1H. The fourth-order valence-corrected chi connectivity index (χ4v) is 2.76. The van der Waals surface area contributed by atoms with Crippen LogP contribution in [0.25, 0.3) is 5.69 Å². The maximum Gasteiger partial charge on any atom is 0.271 e. The molecule has 25 heavy (non-hydrogen) atoms. The summed E-state index contributed by atoms with van der Waals surface area (Å²) in [7, 11) is 0. The van der Waals surface area contributed by atoms with Gasteiger partial charge in [0.1, 0.15) is 0 Å². The van der Waals surface area contributed by atoms with Gasteiger partial charge >= 0.3 is 0 Å². The summed E-state index contributed by atoms with van der Waals surface area (Å²) in [4.78, 5) is 22.3. The van der Waals surface area contributed by atoms with Gasteiger partial charge in [-0.05, 0) is 50.0 Å². The molecule has 0 bridgehead atoms. The van der Waals surface area contributed by atoms with E-state index in [0.29, 0.717) is 23.8 Å². The second-order valence-electron chi connectivity index (χ2n) is 5.82. The second-order valence-corrected chi connectivity index (χ2v) is 5.82. The Morgan fingerprint density at radius 3 is 2.76 bits per heavy atom. The lowest BCUT2D eigenvalue weighted by Crippen LogP contribution is -2.26. The quantitative estimate of drug-likeness (QED) is 0.601. The Balaban J connectivity index is 0.00000225. The minimum absolute atomic E-state index is 0. The SMILES string of the molecule is Cl.O=C(NCCC1CCNC1)c1ccn(-c2ccc([N+](=O)[O-])cc2)n1. The number of hydrogen-bond donors (Lipinski definition) is 2. The average Bonchev–Trinajstić information content (AvgIpc) is 3.26. The Morgan fingerprint density at radius 1 is 1.36 bits per heavy atom. The highest BCUT2D eigenvalue weighted by Crippen LogP contribution is 2.15. The number of non-ortho nitro benzene ring substituents is 1. The minimum Gasteiger partial charge on any atom is -0.351 e. The van der Waals surface area contributed by atoms with Gasteiger partial charge in [-0.15, -0.1) is 12.4 Å². The van der Waals surface area contributed by atoms with Crippen molar-refractivity contribution in [3.05, 3.63) is 52.3 Å². The molecule has 0 aliphatic carbocycles. The van der Waals surface area contributed by atoms with E-state index in [1.54, 1.807) is 24.4 Å². The molecule has 134 valence electrons. The van der Waals surface area contributed by atoms with E-state index < -0.39 is 4.92 Å². The summed E-state index contributed by atoms with van der Waals surface area (Å²) in [5.41, 5.74) is 1.01. The molecule has 2 aromatic rings. The first-order chi connectivity index (χ1) is 11.6. The van der Waals surface area contributed by atoms with E-state index in [4.69, 9.17) is 0 Å². The molecule has 1 aliphatic heterocycles. The van der Waals surface area contributed by atoms with Crippen LogP contribution < -0.4 is 10.6 Å². The first kappa shape index (κ1) is 18.9. The number of carbonyl (C=O) groups excluding carboxylic acids is 1. The summed E-state index contributed by atoms with van der Waals surface area (Å²) >= 11 is 0. The van der Waals surface area contributed by atoms with Gasteiger partial charge in [-0.2, -0.15) is 5.10 Å². The smallest absolute Gasteiger partial charge is 0.271 e. The molecule has 1 atom stereocenters. The predicted octanol–water partition coefficient (Wildman–Crippen LogP) is 1.93. The lowest BCUT2D eigenvalue weighted by atomic mass is 10.1. The highest BCUT2D eigenvalue weighted by Gasteiger charge is 2.15. The number of benzene rings is 1. The molecular formula is C16H20ClN5O3. The average molecular weight is 366 g/mol. The second kappa shape index (κ2) is 8.59. The van der Waals surface area contributed by atoms with Gasteiger partial charge in [0.2, 0.25) is 0 Å². The van der Waals surface area contributed by atoms with Crippen molar-refractivity contribution in [2.24, 2.45) is 5.92 Å². The van der Waals surface area contributed by atoms with E-state index in [2.05, 4.69) is 15.7 Å². The number of nitrogens with one attached hydrogen (secondary N) is 2. The van der Waals surface area contributed by atoms with Gasteiger partial charge in [0.05, 0.1) is 10.6 Å². The minimum atomic E-state index is -0.453. The molecule has 1 aliphatic rings. The molecule has 0 saturated carbocycles. The molecule has 1 aromatic carbocycles. The fraction of sp³-hybridized carbons (Fsp3) is 0.375. The molecule has 9 heteroatoms. The number of nitrogens with zero attached hydrogens (tertiary/aromatic N) is 3. The van der Waals surface area contributed by atoms with Crippen LogP contribution in [0.3, 0.4) is 0 Å². The molecule has 2 heterocycles. The van der Waals surface area contributed by atoms with Crippen LogP contribution in [0.4, 0.5) is 5.69 Å². The summed E-state index contributed by atoms with van der Waals surface area (Å²) in [6, 6.07) is 7.65. The third kappa shape index (κ3) is 4.77. The lowest BCUT2D eigenvalue weighted by molar-refractivity contribution is -0.384. The van der Waals surface area contributed by atoms with Gasteiger partial charge in [0.25, 0.3) is 11.6 Å².